The summed E-state index contributed by atoms with van der Waals surface area (Å²) < 4.78 is 48.2. The fourth-order valence-corrected chi connectivity index (χ4v) is 4.38. The Hall–Kier alpha value is -2.41. The molecule has 0 amide bonds. The van der Waals surface area contributed by atoms with Crippen molar-refractivity contribution in [1.82, 2.24) is 4.57 Å². The van der Waals surface area contributed by atoms with E-state index in [1.807, 2.05) is 10.6 Å². The summed E-state index contributed by atoms with van der Waals surface area (Å²) >= 11 is 0. The van der Waals surface area contributed by atoms with Crippen LogP contribution in [0.25, 0.3) is 11.3 Å². The van der Waals surface area contributed by atoms with Crippen LogP contribution in [0, 0.1) is 12.8 Å². The highest BCUT2D eigenvalue weighted by molar-refractivity contribution is 5.77. The Morgan fingerprint density at radius 3 is 2.77 bits per heavy atom. The molecule has 1 unspecified atom stereocenters. The molecule has 7 heteroatoms. The van der Waals surface area contributed by atoms with Gasteiger partial charge in [0.1, 0.15) is 0 Å². The zero-order valence-electron chi connectivity index (χ0n) is 17.8. The van der Waals surface area contributed by atoms with Crippen molar-refractivity contribution in [3.63, 3.8) is 0 Å². The van der Waals surface area contributed by atoms with E-state index in [1.54, 1.807) is 20.2 Å². The molecule has 0 N–H and O–H groups in total. The molecule has 30 heavy (non-hydrogen) atoms. The molecule has 3 heterocycles. The van der Waals surface area contributed by atoms with Gasteiger partial charge in [0, 0.05) is 49.6 Å². The minimum Gasteiger partial charge on any atom is -0.490 e. The van der Waals surface area contributed by atoms with Crippen LogP contribution in [0.5, 0.6) is 11.5 Å². The van der Waals surface area contributed by atoms with Gasteiger partial charge in [0.25, 0.3) is 0 Å². The van der Waals surface area contributed by atoms with Gasteiger partial charge in [-0.3, -0.25) is 4.79 Å². The highest BCUT2D eigenvalue weighted by Gasteiger charge is 2.48. The van der Waals surface area contributed by atoms with Gasteiger partial charge in [-0.25, -0.2) is 0 Å². The van der Waals surface area contributed by atoms with E-state index >= 15 is 0 Å². The lowest BCUT2D eigenvalue weighted by Gasteiger charge is -2.35. The lowest BCUT2D eigenvalue weighted by molar-refractivity contribution is -0.0212. The molecule has 4 rings (SSSR count). The maximum atomic E-state index is 15.0. The third-order valence-corrected chi connectivity index (χ3v) is 5.92. The molecule has 0 radical (unpaired) electrons. The molecule has 1 aromatic heterocycles. The number of aromatic nitrogens is 1. The summed E-state index contributed by atoms with van der Waals surface area (Å²) in [5.41, 5.74) is 1.98. The molecule has 0 saturated heterocycles. The van der Waals surface area contributed by atoms with Crippen molar-refractivity contribution >= 4 is 0 Å². The molecule has 0 bridgehead atoms. The summed E-state index contributed by atoms with van der Waals surface area (Å²) in [5, 5.41) is 0. The first-order valence-corrected chi connectivity index (χ1v) is 10.3. The molecule has 2 aliphatic rings. The smallest absolute Gasteiger partial charge is 0.310 e. The monoisotopic (exact) mass is 419 g/mol. The van der Waals surface area contributed by atoms with E-state index < -0.39 is 12.5 Å². The lowest BCUT2D eigenvalue weighted by atomic mass is 9.83. The third-order valence-electron chi connectivity index (χ3n) is 5.92. The lowest BCUT2D eigenvalue weighted by Crippen LogP contribution is -2.28. The van der Waals surface area contributed by atoms with Crippen molar-refractivity contribution in [3.8, 4) is 22.8 Å². The predicted molar refractivity (Wildman–Crippen MR) is 110 cm³/mol. The number of hydrogen-bond acceptors (Lipinski definition) is 4. The Morgan fingerprint density at radius 2 is 2.07 bits per heavy atom. The maximum Gasteiger partial charge on any atom is 0.310 e. The molecule has 1 atom stereocenters. The summed E-state index contributed by atoms with van der Waals surface area (Å²) in [6.45, 7) is 6.09. The van der Waals surface area contributed by atoms with Crippen LogP contribution in [0.1, 0.15) is 43.0 Å². The fourth-order valence-electron chi connectivity index (χ4n) is 4.38. The second kappa shape index (κ2) is 7.69. The number of alkyl halides is 2. The van der Waals surface area contributed by atoms with Gasteiger partial charge in [-0.1, -0.05) is 13.8 Å². The minimum atomic E-state index is -3.15. The average Bonchev–Trinajstić information content (AvgIpc) is 3.01. The number of fused-ring (bicyclic) bond motifs is 5. The molecule has 0 aliphatic carbocycles. The summed E-state index contributed by atoms with van der Waals surface area (Å²) in [6, 6.07) is 3.35. The first-order chi connectivity index (χ1) is 14.2. The molecule has 162 valence electrons. The van der Waals surface area contributed by atoms with Crippen LogP contribution in [0.3, 0.4) is 0 Å². The topological polar surface area (TPSA) is 49.7 Å². The van der Waals surface area contributed by atoms with E-state index in [1.165, 1.54) is 6.07 Å². The van der Waals surface area contributed by atoms with E-state index in [2.05, 4.69) is 13.8 Å². The fraction of sp³-hybridized carbons (Fsp3) is 0.522. The molecule has 0 fully saturated rings. The molecule has 2 aliphatic heterocycles. The number of halogens is 2. The predicted octanol–water partition coefficient (Wildman–Crippen LogP) is 4.48. The summed E-state index contributed by atoms with van der Waals surface area (Å²) in [4.78, 5) is 12.4. The zero-order valence-corrected chi connectivity index (χ0v) is 17.8. The van der Waals surface area contributed by atoms with Crippen LogP contribution in [0.2, 0.25) is 0 Å². The van der Waals surface area contributed by atoms with E-state index in [4.69, 9.17) is 14.2 Å². The van der Waals surface area contributed by atoms with E-state index in [0.717, 1.165) is 5.56 Å². The Labute approximate surface area is 174 Å². The van der Waals surface area contributed by atoms with Crippen LogP contribution < -0.4 is 14.9 Å². The van der Waals surface area contributed by atoms with Crippen LogP contribution in [-0.4, -0.2) is 31.5 Å². The molecule has 0 spiro atoms. The first-order valence-electron chi connectivity index (χ1n) is 10.3. The summed E-state index contributed by atoms with van der Waals surface area (Å²) in [5.74, 6) is -2.47. The maximum absolute atomic E-state index is 15.0. The molecule has 0 saturated carbocycles. The van der Waals surface area contributed by atoms with Crippen LogP contribution in [0.4, 0.5) is 8.78 Å². The number of hydrogen-bond donors (Lipinski definition) is 0. The van der Waals surface area contributed by atoms with Crippen LogP contribution >= 0.6 is 0 Å². The van der Waals surface area contributed by atoms with Crippen molar-refractivity contribution < 1.29 is 23.0 Å². The minimum absolute atomic E-state index is 0.0575. The van der Waals surface area contributed by atoms with Gasteiger partial charge in [0.15, 0.2) is 23.5 Å². The van der Waals surface area contributed by atoms with Gasteiger partial charge in [0.05, 0.1) is 17.9 Å². The van der Waals surface area contributed by atoms with E-state index in [9.17, 15) is 13.6 Å². The number of rotatable bonds is 6. The van der Waals surface area contributed by atoms with Gasteiger partial charge in [-0.05, 0) is 30.9 Å². The Balaban J connectivity index is 1.92. The quantitative estimate of drug-likeness (QED) is 0.648. The zero-order chi connectivity index (χ0) is 21.6. The van der Waals surface area contributed by atoms with Crippen LogP contribution in [0.15, 0.2) is 23.1 Å². The number of aryl methyl sites for hydroxylation is 1. The van der Waals surface area contributed by atoms with E-state index in [-0.39, 0.29) is 28.7 Å². The first kappa shape index (κ1) is 20.8. The Bertz CT molecular complexity index is 1030. The van der Waals surface area contributed by atoms with Crippen molar-refractivity contribution in [3.05, 3.63) is 45.2 Å². The molecule has 2 aromatic rings. The standard InChI is InChI=1S/C23H27F2NO4/c1-13(2)16-8-15-9-19(29-7-5-6-28-4)22-21(23(24,25)12-30-22)20(15)17-10-18(27)14(3)11-26(16)17/h9-11,13,16H,5-8,12H2,1-4H3. The largest absolute Gasteiger partial charge is 0.490 e. The number of pyridine rings is 1. The number of methoxy groups -OCH3 is 1. The molecular formula is C23H27F2NO4. The van der Waals surface area contributed by atoms with Crippen molar-refractivity contribution in [1.29, 1.82) is 0 Å². The van der Waals surface area contributed by atoms with Crippen molar-refractivity contribution in [2.24, 2.45) is 5.92 Å². The Kier molecular flexibility index (Phi) is 5.34. The molecular weight excluding hydrogens is 392 g/mol. The molecule has 5 nitrogen and oxygen atoms in total. The van der Waals surface area contributed by atoms with Crippen molar-refractivity contribution in [2.75, 3.05) is 26.9 Å². The van der Waals surface area contributed by atoms with Crippen molar-refractivity contribution in [2.45, 2.75) is 45.6 Å². The number of benzene rings is 1. The van der Waals surface area contributed by atoms with Gasteiger partial charge < -0.3 is 18.8 Å². The Morgan fingerprint density at radius 1 is 1.30 bits per heavy atom. The van der Waals surface area contributed by atoms with E-state index in [0.29, 0.717) is 48.6 Å². The number of nitrogens with zero attached hydrogens (tertiary/aromatic N) is 1. The van der Waals surface area contributed by atoms with Gasteiger partial charge in [0.2, 0.25) is 0 Å². The van der Waals surface area contributed by atoms with Gasteiger partial charge in [-0.15, -0.1) is 0 Å². The highest BCUT2D eigenvalue weighted by atomic mass is 19.3. The second-order valence-electron chi connectivity index (χ2n) is 8.43. The van der Waals surface area contributed by atoms with Gasteiger partial charge in [-0.2, -0.15) is 8.78 Å². The third kappa shape index (κ3) is 3.39. The van der Waals surface area contributed by atoms with Crippen LogP contribution in [-0.2, 0) is 17.1 Å². The highest BCUT2D eigenvalue weighted by Crippen LogP contribution is 2.54. The SMILES string of the molecule is COCCCOc1cc2c(c3c1OCC3(F)F)-c1cc(=O)c(C)cn1C(C(C)C)C2. The number of ether oxygens (including phenoxy) is 3. The van der Waals surface area contributed by atoms with Gasteiger partial charge >= 0.3 is 5.92 Å². The molecule has 1 aromatic carbocycles. The second-order valence-corrected chi connectivity index (χ2v) is 8.43. The summed E-state index contributed by atoms with van der Waals surface area (Å²) in [7, 11) is 1.60. The normalized spacial score (nSPS) is 18.6. The average molecular weight is 419 g/mol. The summed E-state index contributed by atoms with van der Waals surface area (Å²) in [6.07, 6.45) is 3.02.